The van der Waals surface area contributed by atoms with Crippen molar-refractivity contribution in [1.82, 2.24) is 5.32 Å². The summed E-state index contributed by atoms with van der Waals surface area (Å²) in [5, 5.41) is 3.38. The van der Waals surface area contributed by atoms with Crippen molar-refractivity contribution >= 4 is 11.8 Å². The zero-order valence-electron chi connectivity index (χ0n) is 9.14. The Morgan fingerprint density at radius 1 is 1.47 bits per heavy atom. The SMILES string of the molecule is CSc1ccc(C2(C)CCCN2)c(F)c1. The van der Waals surface area contributed by atoms with E-state index in [0.29, 0.717) is 0 Å². The Bertz CT molecular complexity index is 359. The van der Waals surface area contributed by atoms with Crippen LogP contribution in [-0.2, 0) is 5.54 Å². The first-order valence-electron chi connectivity index (χ1n) is 5.25. The van der Waals surface area contributed by atoms with Gasteiger partial charge >= 0.3 is 0 Å². The van der Waals surface area contributed by atoms with E-state index in [-0.39, 0.29) is 11.4 Å². The average Bonchev–Trinajstić information content (AvgIpc) is 2.65. The van der Waals surface area contributed by atoms with Gasteiger partial charge in [0.15, 0.2) is 0 Å². The van der Waals surface area contributed by atoms with Crippen LogP contribution in [0.4, 0.5) is 4.39 Å². The number of hydrogen-bond donors (Lipinski definition) is 1. The van der Waals surface area contributed by atoms with Crippen LogP contribution in [0.2, 0.25) is 0 Å². The zero-order valence-corrected chi connectivity index (χ0v) is 9.96. The summed E-state index contributed by atoms with van der Waals surface area (Å²) in [5.74, 6) is -0.0845. The first-order chi connectivity index (χ1) is 7.15. The van der Waals surface area contributed by atoms with Crippen LogP contribution in [0, 0.1) is 5.82 Å². The second kappa shape index (κ2) is 4.14. The molecule has 82 valence electrons. The van der Waals surface area contributed by atoms with Crippen LogP contribution < -0.4 is 5.32 Å². The third-order valence-electron chi connectivity index (χ3n) is 3.14. The number of benzene rings is 1. The molecule has 1 nitrogen and oxygen atoms in total. The Labute approximate surface area is 94.5 Å². The van der Waals surface area contributed by atoms with E-state index in [1.54, 1.807) is 17.8 Å². The number of thioether (sulfide) groups is 1. The molecule has 1 saturated heterocycles. The lowest BCUT2D eigenvalue weighted by Gasteiger charge is -2.25. The number of hydrogen-bond acceptors (Lipinski definition) is 2. The topological polar surface area (TPSA) is 12.0 Å². The average molecular weight is 225 g/mol. The Hall–Kier alpha value is -0.540. The molecule has 3 heteroatoms. The van der Waals surface area contributed by atoms with E-state index in [9.17, 15) is 4.39 Å². The molecule has 0 amide bonds. The van der Waals surface area contributed by atoms with E-state index in [1.165, 1.54) is 0 Å². The molecule has 1 atom stereocenters. The monoisotopic (exact) mass is 225 g/mol. The van der Waals surface area contributed by atoms with E-state index < -0.39 is 0 Å². The largest absolute Gasteiger partial charge is 0.308 e. The minimum Gasteiger partial charge on any atom is -0.308 e. The zero-order chi connectivity index (χ0) is 10.9. The highest BCUT2D eigenvalue weighted by molar-refractivity contribution is 7.98. The Morgan fingerprint density at radius 3 is 2.80 bits per heavy atom. The van der Waals surface area contributed by atoms with E-state index in [4.69, 9.17) is 0 Å². The lowest BCUT2D eigenvalue weighted by Crippen LogP contribution is -2.34. The summed E-state index contributed by atoms with van der Waals surface area (Å²) in [6.45, 7) is 3.07. The molecule has 1 aliphatic heterocycles. The maximum atomic E-state index is 13.9. The first-order valence-corrected chi connectivity index (χ1v) is 6.47. The highest BCUT2D eigenvalue weighted by Gasteiger charge is 2.32. The Balaban J connectivity index is 2.36. The lowest BCUT2D eigenvalue weighted by molar-refractivity contribution is 0.410. The molecular formula is C12H16FNS. The highest BCUT2D eigenvalue weighted by Crippen LogP contribution is 2.33. The van der Waals surface area contributed by atoms with Gasteiger partial charge in [-0.3, -0.25) is 0 Å². The summed E-state index contributed by atoms with van der Waals surface area (Å²) in [4.78, 5) is 0.984. The molecule has 0 aromatic heterocycles. The quantitative estimate of drug-likeness (QED) is 0.776. The molecule has 2 rings (SSSR count). The van der Waals surface area contributed by atoms with Gasteiger partial charge in [-0.15, -0.1) is 11.8 Å². The number of rotatable bonds is 2. The van der Waals surface area contributed by atoms with Gasteiger partial charge in [0.25, 0.3) is 0 Å². The molecule has 1 N–H and O–H groups in total. The lowest BCUT2D eigenvalue weighted by atomic mass is 9.90. The molecule has 0 bridgehead atoms. The summed E-state index contributed by atoms with van der Waals surface area (Å²) < 4.78 is 13.9. The highest BCUT2D eigenvalue weighted by atomic mass is 32.2. The third-order valence-corrected chi connectivity index (χ3v) is 3.86. The van der Waals surface area contributed by atoms with Crippen molar-refractivity contribution in [1.29, 1.82) is 0 Å². The van der Waals surface area contributed by atoms with Gasteiger partial charge in [0.05, 0.1) is 0 Å². The molecule has 0 saturated carbocycles. The molecule has 1 aromatic carbocycles. The molecule has 1 aromatic rings. The molecule has 0 aliphatic carbocycles. The molecule has 1 heterocycles. The maximum absolute atomic E-state index is 13.9. The normalized spacial score (nSPS) is 25.8. The third kappa shape index (κ3) is 2.04. The predicted octanol–water partition coefficient (Wildman–Crippen LogP) is 3.15. The fourth-order valence-electron chi connectivity index (χ4n) is 2.19. The van der Waals surface area contributed by atoms with Crippen LogP contribution in [0.5, 0.6) is 0 Å². The van der Waals surface area contributed by atoms with Gasteiger partial charge < -0.3 is 5.32 Å². The second-order valence-electron chi connectivity index (χ2n) is 4.21. The van der Waals surface area contributed by atoms with Crippen molar-refractivity contribution in [3.63, 3.8) is 0 Å². The fourth-order valence-corrected chi connectivity index (χ4v) is 2.62. The van der Waals surface area contributed by atoms with Crippen LogP contribution in [0.15, 0.2) is 23.1 Å². The van der Waals surface area contributed by atoms with Crippen LogP contribution in [0.1, 0.15) is 25.3 Å². The van der Waals surface area contributed by atoms with Crippen molar-refractivity contribution in [3.05, 3.63) is 29.6 Å². The van der Waals surface area contributed by atoms with Gasteiger partial charge in [0, 0.05) is 16.0 Å². The molecule has 1 unspecified atom stereocenters. The molecule has 1 fully saturated rings. The van der Waals surface area contributed by atoms with Gasteiger partial charge in [-0.1, -0.05) is 6.07 Å². The van der Waals surface area contributed by atoms with Crippen molar-refractivity contribution in [2.24, 2.45) is 0 Å². The summed E-state index contributed by atoms with van der Waals surface area (Å²) >= 11 is 1.57. The van der Waals surface area contributed by atoms with E-state index >= 15 is 0 Å². The first kappa shape index (κ1) is 11.0. The van der Waals surface area contributed by atoms with Gasteiger partial charge in [-0.25, -0.2) is 4.39 Å². The Morgan fingerprint density at radius 2 is 2.27 bits per heavy atom. The molecular weight excluding hydrogens is 209 g/mol. The minimum absolute atomic E-state index is 0.0845. The summed E-state index contributed by atoms with van der Waals surface area (Å²) in [5.41, 5.74) is 0.638. The summed E-state index contributed by atoms with van der Waals surface area (Å²) in [6, 6.07) is 5.54. The second-order valence-corrected chi connectivity index (χ2v) is 5.09. The molecule has 0 radical (unpaired) electrons. The molecule has 1 aliphatic rings. The van der Waals surface area contributed by atoms with Gasteiger partial charge in [-0.05, 0) is 44.7 Å². The fraction of sp³-hybridized carbons (Fsp3) is 0.500. The molecule has 0 spiro atoms. The summed E-state index contributed by atoms with van der Waals surface area (Å²) in [6.07, 6.45) is 4.10. The van der Waals surface area contributed by atoms with E-state index in [0.717, 1.165) is 29.8 Å². The van der Waals surface area contributed by atoms with Crippen molar-refractivity contribution in [2.45, 2.75) is 30.2 Å². The van der Waals surface area contributed by atoms with Crippen LogP contribution in [0.3, 0.4) is 0 Å². The minimum atomic E-state index is -0.166. The van der Waals surface area contributed by atoms with Crippen LogP contribution in [-0.4, -0.2) is 12.8 Å². The van der Waals surface area contributed by atoms with Crippen molar-refractivity contribution < 1.29 is 4.39 Å². The van der Waals surface area contributed by atoms with Gasteiger partial charge in [0.1, 0.15) is 5.82 Å². The smallest absolute Gasteiger partial charge is 0.129 e. The van der Waals surface area contributed by atoms with Crippen molar-refractivity contribution in [3.8, 4) is 0 Å². The standard InChI is InChI=1S/C12H16FNS/c1-12(6-3-7-14-12)10-5-4-9(15-2)8-11(10)13/h4-5,8,14H,3,6-7H2,1-2H3. The Kier molecular flexibility index (Phi) is 3.03. The molecule has 15 heavy (non-hydrogen) atoms. The number of nitrogens with one attached hydrogen (secondary N) is 1. The predicted molar refractivity (Wildman–Crippen MR) is 62.8 cm³/mol. The van der Waals surface area contributed by atoms with Crippen LogP contribution in [0.25, 0.3) is 0 Å². The van der Waals surface area contributed by atoms with Crippen LogP contribution >= 0.6 is 11.8 Å². The van der Waals surface area contributed by atoms with E-state index in [1.807, 2.05) is 18.4 Å². The van der Waals surface area contributed by atoms with E-state index in [2.05, 4.69) is 12.2 Å². The maximum Gasteiger partial charge on any atom is 0.129 e. The summed E-state index contributed by atoms with van der Waals surface area (Å²) in [7, 11) is 0. The number of halogens is 1. The van der Waals surface area contributed by atoms with Gasteiger partial charge in [-0.2, -0.15) is 0 Å². The van der Waals surface area contributed by atoms with Crippen molar-refractivity contribution in [2.75, 3.05) is 12.8 Å². The van der Waals surface area contributed by atoms with Gasteiger partial charge in [0.2, 0.25) is 0 Å².